The molecule has 232 valence electrons. The van der Waals surface area contributed by atoms with Crippen LogP contribution >= 0.6 is 22.7 Å². The molecule has 0 bridgehead atoms. The molecule has 2 aromatic heterocycles. The molecule has 9 rings (SSSR count). The Morgan fingerprint density at radius 2 is 0.939 bits per heavy atom. The van der Waals surface area contributed by atoms with E-state index in [1.165, 1.54) is 90.4 Å². The fraction of sp³-hybridized carbons (Fsp3) is 0.0213. The number of fused-ring (bicyclic) bond motifs is 7. The van der Waals surface area contributed by atoms with E-state index in [2.05, 4.69) is 171 Å². The van der Waals surface area contributed by atoms with E-state index in [0.29, 0.717) is 0 Å². The van der Waals surface area contributed by atoms with Crippen LogP contribution in [0.1, 0.15) is 16.0 Å². The summed E-state index contributed by atoms with van der Waals surface area (Å²) in [5, 5.41) is 6.62. The van der Waals surface area contributed by atoms with Crippen molar-refractivity contribution in [2.75, 3.05) is 0 Å². The van der Waals surface area contributed by atoms with Crippen molar-refractivity contribution in [1.82, 2.24) is 0 Å². The molecule has 0 fully saturated rings. The molecule has 0 aliphatic rings. The lowest BCUT2D eigenvalue weighted by Crippen LogP contribution is -1.84. The molecule has 0 saturated carbocycles. The van der Waals surface area contributed by atoms with Gasteiger partial charge in [-0.25, -0.2) is 0 Å². The van der Waals surface area contributed by atoms with Crippen molar-refractivity contribution in [2.45, 2.75) is 6.92 Å². The molecule has 0 spiro atoms. The average Bonchev–Trinajstić information content (AvgIpc) is 3.71. The maximum absolute atomic E-state index is 4.19. The van der Waals surface area contributed by atoms with Crippen LogP contribution in [0.5, 0.6) is 0 Å². The lowest BCUT2D eigenvalue weighted by atomic mass is 9.97. The van der Waals surface area contributed by atoms with Gasteiger partial charge in [0.15, 0.2) is 0 Å². The van der Waals surface area contributed by atoms with E-state index >= 15 is 0 Å². The Hall–Kier alpha value is -5.54. The van der Waals surface area contributed by atoms with Gasteiger partial charge in [0, 0.05) is 45.9 Å². The Kier molecular flexibility index (Phi) is 7.35. The molecule has 0 nitrogen and oxygen atoms in total. The third-order valence-electron chi connectivity index (χ3n) is 9.68. The second-order valence-corrected chi connectivity index (χ2v) is 14.8. The molecule has 0 N–H and O–H groups in total. The number of hydrogen-bond acceptors (Lipinski definition) is 2. The minimum absolute atomic E-state index is 1.13. The first-order valence-corrected chi connectivity index (χ1v) is 18.2. The van der Waals surface area contributed by atoms with Gasteiger partial charge in [-0.05, 0) is 75.2 Å². The predicted octanol–water partition coefficient (Wildman–Crippen LogP) is 14.5. The molecular weight excluding hydrogens is 629 g/mol. The van der Waals surface area contributed by atoms with Gasteiger partial charge in [0.25, 0.3) is 0 Å². The zero-order valence-electron chi connectivity index (χ0n) is 27.1. The fourth-order valence-corrected chi connectivity index (χ4v) is 9.45. The number of benzene rings is 7. The SMILES string of the molecule is C=C/C(=C\c1c(C)sc2c1ccc1c2ccc2c3cc(-c4ccc(-c5ccccc5)cc4)ccc3sc21)c1ccc(-c2ccccc2)cc1. The summed E-state index contributed by atoms with van der Waals surface area (Å²) in [6.45, 7) is 6.43. The number of thiophene rings is 2. The van der Waals surface area contributed by atoms with Gasteiger partial charge >= 0.3 is 0 Å². The van der Waals surface area contributed by atoms with Crippen LogP contribution in [0.4, 0.5) is 0 Å². The second-order valence-electron chi connectivity index (χ2n) is 12.6. The van der Waals surface area contributed by atoms with Crippen LogP contribution in [0, 0.1) is 6.92 Å². The van der Waals surface area contributed by atoms with Crippen molar-refractivity contribution in [1.29, 1.82) is 0 Å². The minimum Gasteiger partial charge on any atom is -0.139 e. The summed E-state index contributed by atoms with van der Waals surface area (Å²) in [4.78, 5) is 1.32. The topological polar surface area (TPSA) is 0 Å². The molecular formula is C47H32S2. The van der Waals surface area contributed by atoms with Gasteiger partial charge in [0.1, 0.15) is 0 Å². The quantitative estimate of drug-likeness (QED) is 0.156. The van der Waals surface area contributed by atoms with Crippen LogP contribution in [0.2, 0.25) is 0 Å². The lowest BCUT2D eigenvalue weighted by molar-refractivity contribution is 1.58. The van der Waals surface area contributed by atoms with E-state index in [1.807, 2.05) is 28.7 Å². The van der Waals surface area contributed by atoms with Crippen LogP contribution in [0.25, 0.3) is 86.1 Å². The number of rotatable bonds is 6. The minimum atomic E-state index is 1.13. The second kappa shape index (κ2) is 12.2. The lowest BCUT2D eigenvalue weighted by Gasteiger charge is -2.07. The van der Waals surface area contributed by atoms with Gasteiger partial charge < -0.3 is 0 Å². The van der Waals surface area contributed by atoms with Gasteiger partial charge in [-0.1, -0.05) is 152 Å². The van der Waals surface area contributed by atoms with Gasteiger partial charge in [0.05, 0.1) is 0 Å². The molecule has 0 aliphatic heterocycles. The summed E-state index contributed by atoms with van der Waals surface area (Å²) in [6.07, 6.45) is 4.30. The summed E-state index contributed by atoms with van der Waals surface area (Å²) in [7, 11) is 0. The summed E-state index contributed by atoms with van der Waals surface area (Å²) in [6, 6.07) is 55.2. The molecule has 0 atom stereocenters. The van der Waals surface area contributed by atoms with E-state index in [9.17, 15) is 0 Å². The largest absolute Gasteiger partial charge is 0.139 e. The van der Waals surface area contributed by atoms with E-state index in [1.54, 1.807) is 0 Å². The molecule has 0 amide bonds. The molecule has 2 heterocycles. The summed E-state index contributed by atoms with van der Waals surface area (Å²) in [5.74, 6) is 0. The highest BCUT2D eigenvalue weighted by molar-refractivity contribution is 7.27. The monoisotopic (exact) mass is 660 g/mol. The highest BCUT2D eigenvalue weighted by Gasteiger charge is 2.15. The summed E-state index contributed by atoms with van der Waals surface area (Å²) < 4.78 is 4.04. The van der Waals surface area contributed by atoms with Gasteiger partial charge in [-0.2, -0.15) is 0 Å². The molecule has 7 aromatic carbocycles. The predicted molar refractivity (Wildman–Crippen MR) is 218 cm³/mol. The van der Waals surface area contributed by atoms with Crippen LogP contribution < -0.4 is 0 Å². The Balaban J connectivity index is 1.09. The van der Waals surface area contributed by atoms with E-state index < -0.39 is 0 Å². The molecule has 2 heteroatoms. The first-order valence-electron chi connectivity index (χ1n) is 16.6. The Morgan fingerprint density at radius 3 is 1.53 bits per heavy atom. The van der Waals surface area contributed by atoms with Crippen molar-refractivity contribution < 1.29 is 0 Å². The Labute approximate surface area is 294 Å². The zero-order valence-corrected chi connectivity index (χ0v) is 28.7. The average molecular weight is 661 g/mol. The van der Waals surface area contributed by atoms with Crippen molar-refractivity contribution in [2.24, 2.45) is 0 Å². The van der Waals surface area contributed by atoms with Crippen molar-refractivity contribution >= 4 is 75.4 Å². The normalized spacial score (nSPS) is 12.0. The highest BCUT2D eigenvalue weighted by Crippen LogP contribution is 2.44. The third kappa shape index (κ3) is 5.21. The Morgan fingerprint density at radius 1 is 0.469 bits per heavy atom. The third-order valence-corrected chi connectivity index (χ3v) is 12.1. The maximum atomic E-state index is 4.19. The summed E-state index contributed by atoms with van der Waals surface area (Å²) in [5.41, 5.74) is 11.0. The van der Waals surface area contributed by atoms with E-state index in [4.69, 9.17) is 0 Å². The van der Waals surface area contributed by atoms with E-state index in [0.717, 1.165) is 5.57 Å². The van der Waals surface area contributed by atoms with Gasteiger partial charge in [0.2, 0.25) is 0 Å². The zero-order chi connectivity index (χ0) is 32.9. The van der Waals surface area contributed by atoms with Crippen LogP contribution in [0.15, 0.2) is 164 Å². The maximum Gasteiger partial charge on any atom is 0.0434 e. The summed E-state index contributed by atoms with van der Waals surface area (Å²) >= 11 is 3.80. The standard InChI is InChI=1S/C47H32S2/c1-3-31(34-14-16-35(17-15-34)32-10-6-4-7-11-32)28-43-30(2)48-46-39-24-26-42-44-29-38(22-27-45(44)49-47(42)40(39)23-25-41(43)46)37-20-18-36(19-21-37)33-12-8-5-9-13-33/h3-29H,1H2,2H3/b31-28+. The van der Waals surface area contributed by atoms with Crippen molar-refractivity contribution in [3.63, 3.8) is 0 Å². The Bertz CT molecular complexity index is 2690. The molecule has 0 radical (unpaired) electrons. The van der Waals surface area contributed by atoms with Crippen LogP contribution in [0.3, 0.4) is 0 Å². The van der Waals surface area contributed by atoms with Gasteiger partial charge in [-0.3, -0.25) is 0 Å². The van der Waals surface area contributed by atoms with E-state index in [-0.39, 0.29) is 0 Å². The molecule has 0 aliphatic carbocycles. The first kappa shape index (κ1) is 29.6. The number of aryl methyl sites for hydroxylation is 1. The van der Waals surface area contributed by atoms with Crippen LogP contribution in [-0.2, 0) is 0 Å². The first-order chi connectivity index (χ1) is 24.1. The smallest absolute Gasteiger partial charge is 0.0434 e. The number of hydrogen-bond donors (Lipinski definition) is 0. The molecule has 49 heavy (non-hydrogen) atoms. The molecule has 9 aromatic rings. The highest BCUT2D eigenvalue weighted by atomic mass is 32.1. The molecule has 0 saturated heterocycles. The molecule has 0 unspecified atom stereocenters. The fourth-order valence-electron chi connectivity index (χ4n) is 7.08. The van der Waals surface area contributed by atoms with Gasteiger partial charge in [-0.15, -0.1) is 22.7 Å². The van der Waals surface area contributed by atoms with Crippen molar-refractivity contribution in [3.05, 3.63) is 180 Å². The number of allylic oxidation sites excluding steroid dienone is 2. The van der Waals surface area contributed by atoms with Crippen LogP contribution in [-0.4, -0.2) is 0 Å². The van der Waals surface area contributed by atoms with Crippen molar-refractivity contribution in [3.8, 4) is 33.4 Å².